The molecule has 0 aliphatic carbocycles. The third-order valence-corrected chi connectivity index (χ3v) is 6.54. The molecule has 0 radical (unpaired) electrons. The number of carbonyl (C=O) groups excluding carboxylic acids is 1. The van der Waals surface area contributed by atoms with Crippen LogP contribution in [0, 0.1) is 0 Å². The first-order valence-electron chi connectivity index (χ1n) is 11.5. The van der Waals surface area contributed by atoms with Crippen LogP contribution < -0.4 is 20.1 Å². The Morgan fingerprint density at radius 3 is 2.78 bits per heavy atom. The fourth-order valence-corrected chi connectivity index (χ4v) is 4.38. The summed E-state index contributed by atoms with van der Waals surface area (Å²) >= 11 is 0. The van der Waals surface area contributed by atoms with Gasteiger partial charge in [-0.3, -0.25) is 9.88 Å². The third kappa shape index (κ3) is 4.40. The predicted octanol–water partition coefficient (Wildman–Crippen LogP) is 3.53. The number of alkyl halides is 3. The largest absolute Gasteiger partial charge is 0.439 e. The fourth-order valence-electron chi connectivity index (χ4n) is 4.38. The van der Waals surface area contributed by atoms with Crippen molar-refractivity contribution in [2.24, 2.45) is 7.05 Å². The molecule has 1 atom stereocenters. The first-order valence-corrected chi connectivity index (χ1v) is 11.5. The number of nitrogens with zero attached hydrogens (tertiary/aromatic N) is 4. The lowest BCUT2D eigenvalue weighted by Crippen LogP contribution is -2.50. The maximum absolute atomic E-state index is 13.6. The minimum Gasteiger partial charge on any atom is -0.439 e. The van der Waals surface area contributed by atoms with Crippen molar-refractivity contribution < 1.29 is 32.1 Å². The number of nitrogens with one attached hydrogen (secondary N) is 3. The van der Waals surface area contributed by atoms with Crippen LogP contribution in [0.25, 0.3) is 10.9 Å². The van der Waals surface area contributed by atoms with Gasteiger partial charge in [0, 0.05) is 30.8 Å². The summed E-state index contributed by atoms with van der Waals surface area (Å²) in [7, 11) is 2.39. The summed E-state index contributed by atoms with van der Waals surface area (Å²) in [6.07, 6.45) is -0.867. The zero-order valence-corrected chi connectivity index (χ0v) is 20.3. The molecule has 13 heteroatoms. The normalized spacial score (nSPS) is 15.3. The smallest absolute Gasteiger partial charge is 0.427 e. The maximum Gasteiger partial charge on any atom is 0.427 e. The van der Waals surface area contributed by atoms with Gasteiger partial charge in [0.15, 0.2) is 12.9 Å². The molecular weight excluding hydrogens is 491 g/mol. The van der Waals surface area contributed by atoms with Crippen LogP contribution >= 0.6 is 0 Å². The van der Waals surface area contributed by atoms with Crippen molar-refractivity contribution in [3.63, 3.8) is 0 Å². The van der Waals surface area contributed by atoms with Gasteiger partial charge in [0.2, 0.25) is 11.5 Å². The van der Waals surface area contributed by atoms with Gasteiger partial charge in [-0.1, -0.05) is 0 Å². The van der Waals surface area contributed by atoms with Crippen LogP contribution in [0.15, 0.2) is 42.9 Å². The Morgan fingerprint density at radius 2 is 2.03 bits per heavy atom. The van der Waals surface area contributed by atoms with Gasteiger partial charge < -0.3 is 14.8 Å². The second-order valence-electron chi connectivity index (χ2n) is 8.82. The standard InChI is InChI=1S/C24H24F3N7O3/c1-23(36-3,24(25,26)27)19-11-20(32-33(19)2)31-22(35)34-9-7-14-10-15(4-5-18(14)34)37-21-16-6-8-28-12-17(16)29-13-30-21/h4-5,7,9-11,13,28H,6,8,12H2,1-3H3,(H,31,32,35)/p+1. The summed E-state index contributed by atoms with van der Waals surface area (Å²) in [5, 5.41) is 9.32. The number of aromatic amines is 1. The van der Waals surface area contributed by atoms with E-state index in [1.807, 2.05) is 0 Å². The molecule has 10 nitrogen and oxygen atoms in total. The third-order valence-electron chi connectivity index (χ3n) is 6.54. The predicted molar refractivity (Wildman–Crippen MR) is 126 cm³/mol. The number of fused-ring (bicyclic) bond motifs is 2. The molecule has 5 rings (SSSR count). The number of H-pyrrole nitrogens is 1. The van der Waals surface area contributed by atoms with Crippen LogP contribution in [0.5, 0.6) is 11.6 Å². The minimum atomic E-state index is -4.67. The average Bonchev–Trinajstić information content (AvgIpc) is 3.46. The van der Waals surface area contributed by atoms with Gasteiger partial charge in [-0.25, -0.2) is 14.8 Å². The van der Waals surface area contributed by atoms with E-state index < -0.39 is 17.8 Å². The number of halogens is 3. The number of methoxy groups -OCH3 is 1. The molecule has 4 aromatic rings. The lowest BCUT2D eigenvalue weighted by atomic mass is 10.0. The highest BCUT2D eigenvalue weighted by Gasteiger charge is 2.59. The summed E-state index contributed by atoms with van der Waals surface area (Å²) in [4.78, 5) is 21.6. The highest BCUT2D eigenvalue weighted by atomic mass is 19.4. The Kier molecular flexibility index (Phi) is 6.12. The van der Waals surface area contributed by atoms with Crippen molar-refractivity contribution in [2.45, 2.75) is 31.7 Å². The van der Waals surface area contributed by atoms with Crippen molar-refractivity contribution in [3.8, 4) is 11.6 Å². The minimum absolute atomic E-state index is 0.0832. The number of aromatic nitrogens is 5. The molecule has 1 aliphatic heterocycles. The average molecular weight is 517 g/mol. The molecule has 0 fully saturated rings. The Bertz CT molecular complexity index is 1480. The second-order valence-corrected chi connectivity index (χ2v) is 8.82. The molecule has 1 unspecified atom stereocenters. The lowest BCUT2D eigenvalue weighted by molar-refractivity contribution is -0.740. The molecule has 0 saturated carbocycles. The summed E-state index contributed by atoms with van der Waals surface area (Å²) in [6.45, 7) is 2.40. The molecule has 4 heterocycles. The Morgan fingerprint density at radius 1 is 1.22 bits per heavy atom. The molecule has 1 amide bonds. The number of hydrogen-bond donors (Lipinski definition) is 3. The Hall–Kier alpha value is -3.97. The van der Waals surface area contributed by atoms with E-state index >= 15 is 0 Å². The number of carbonyl (C=O) groups is 1. The Labute approximate surface area is 209 Å². The van der Waals surface area contributed by atoms with E-state index in [4.69, 9.17) is 9.47 Å². The second kappa shape index (κ2) is 9.16. The van der Waals surface area contributed by atoms with Gasteiger partial charge in [-0.2, -0.15) is 13.2 Å². The van der Waals surface area contributed by atoms with E-state index in [2.05, 4.69) is 25.7 Å². The van der Waals surface area contributed by atoms with E-state index in [9.17, 15) is 18.0 Å². The van der Waals surface area contributed by atoms with Gasteiger partial charge in [-0.05, 0) is 44.2 Å². The molecule has 0 spiro atoms. The molecule has 37 heavy (non-hydrogen) atoms. The molecule has 0 saturated heterocycles. The molecule has 0 bridgehead atoms. The zero-order valence-electron chi connectivity index (χ0n) is 20.3. The lowest BCUT2D eigenvalue weighted by Gasteiger charge is -2.26. The van der Waals surface area contributed by atoms with Crippen LogP contribution in [0.3, 0.4) is 0 Å². The maximum atomic E-state index is 13.6. The first kappa shape index (κ1) is 24.7. The van der Waals surface area contributed by atoms with Gasteiger partial charge in [0.05, 0.1) is 17.3 Å². The summed E-state index contributed by atoms with van der Waals surface area (Å²) in [5.41, 5.74) is -0.294. The quantitative estimate of drug-likeness (QED) is 0.350. The topological polar surface area (TPSA) is 110 Å². The molecular formula is C24H25F3N7O3+. The molecule has 194 valence electrons. The summed E-state index contributed by atoms with van der Waals surface area (Å²) < 4.78 is 54.2. The van der Waals surface area contributed by atoms with Crippen LogP contribution in [0.4, 0.5) is 23.8 Å². The number of aryl methyl sites for hydroxylation is 1. The summed E-state index contributed by atoms with van der Waals surface area (Å²) in [6, 6.07) is 7.62. The molecule has 1 aliphatic rings. The first-order chi connectivity index (χ1) is 17.6. The van der Waals surface area contributed by atoms with Gasteiger partial charge in [-0.15, -0.1) is 9.78 Å². The van der Waals surface area contributed by atoms with Crippen molar-refractivity contribution >= 4 is 22.8 Å². The van der Waals surface area contributed by atoms with Crippen LogP contribution in [-0.2, 0) is 30.4 Å². The molecule has 1 aromatic carbocycles. The van der Waals surface area contributed by atoms with E-state index in [0.717, 1.165) is 48.3 Å². The monoisotopic (exact) mass is 516 g/mol. The van der Waals surface area contributed by atoms with Crippen LogP contribution in [-0.4, -0.2) is 45.5 Å². The highest BCUT2D eigenvalue weighted by Crippen LogP contribution is 2.40. The van der Waals surface area contributed by atoms with E-state index in [1.54, 1.807) is 30.5 Å². The van der Waals surface area contributed by atoms with E-state index in [0.29, 0.717) is 23.7 Å². The number of anilines is 1. The Balaban J connectivity index is 1.37. The number of hydrogen-bond acceptors (Lipinski definition) is 6. The zero-order chi connectivity index (χ0) is 26.4. The number of amides is 1. The van der Waals surface area contributed by atoms with Gasteiger partial charge in [0.1, 0.15) is 12.1 Å². The fraction of sp³-hybridized carbons (Fsp3) is 0.333. The number of rotatable bonds is 5. The number of benzene rings is 1. The van der Waals surface area contributed by atoms with Gasteiger partial charge >= 0.3 is 12.2 Å². The van der Waals surface area contributed by atoms with Crippen molar-refractivity contribution in [1.29, 1.82) is 0 Å². The molecule has 3 aromatic heterocycles. The van der Waals surface area contributed by atoms with Crippen LogP contribution in [0.2, 0.25) is 0 Å². The molecule has 3 N–H and O–H groups in total. The number of ether oxygens (including phenoxy) is 2. The van der Waals surface area contributed by atoms with Gasteiger partial charge in [0.25, 0.3) is 5.69 Å². The van der Waals surface area contributed by atoms with Crippen molar-refractivity contribution in [1.82, 2.24) is 25.0 Å². The van der Waals surface area contributed by atoms with E-state index in [1.165, 1.54) is 24.0 Å². The van der Waals surface area contributed by atoms with E-state index in [-0.39, 0.29) is 11.5 Å². The van der Waals surface area contributed by atoms with Crippen LogP contribution in [0.1, 0.15) is 23.9 Å². The van der Waals surface area contributed by atoms with Crippen molar-refractivity contribution in [2.75, 3.05) is 19.0 Å². The highest BCUT2D eigenvalue weighted by molar-refractivity contribution is 5.98. The van der Waals surface area contributed by atoms with Crippen molar-refractivity contribution in [3.05, 3.63) is 59.8 Å². The SMILES string of the molecule is COC(C)(c1cc(NC(=O)n2ccc3cc(Oc4ncnc5c4CCNC5)ccc32)[nH][n+]1C)C(F)(F)F. The summed E-state index contributed by atoms with van der Waals surface area (Å²) in [5.74, 6) is 1.14.